The third-order valence-corrected chi connectivity index (χ3v) is 2.97. The Hall–Kier alpha value is -2.37. The highest BCUT2D eigenvalue weighted by molar-refractivity contribution is 5.74. The van der Waals surface area contributed by atoms with Gasteiger partial charge in [0, 0.05) is 5.56 Å². The van der Waals surface area contributed by atoms with Gasteiger partial charge in [-0.05, 0) is 5.56 Å². The van der Waals surface area contributed by atoms with E-state index in [9.17, 15) is 22.4 Å². The number of methoxy groups -OCH3 is 1. The summed E-state index contributed by atoms with van der Waals surface area (Å²) in [5.41, 5.74) is -1.80. The molecule has 0 saturated carbocycles. The average Bonchev–Trinajstić information content (AvgIpc) is 2.50. The summed E-state index contributed by atoms with van der Waals surface area (Å²) in [6.45, 7) is 0. The number of ether oxygens (including phenoxy) is 1. The first-order chi connectivity index (χ1) is 9.97. The molecule has 0 aliphatic heterocycles. The summed E-state index contributed by atoms with van der Waals surface area (Å²) in [4.78, 5) is 11.1. The lowest BCUT2D eigenvalue weighted by atomic mass is 9.99. The molecule has 0 bridgehead atoms. The summed E-state index contributed by atoms with van der Waals surface area (Å²) >= 11 is 0. The normalized spacial score (nSPS) is 10.5. The Kier molecular flexibility index (Phi) is 4.26. The summed E-state index contributed by atoms with van der Waals surface area (Å²) in [5.74, 6) is -7.28. The fourth-order valence-electron chi connectivity index (χ4n) is 1.91. The van der Waals surface area contributed by atoms with Crippen molar-refractivity contribution in [2.24, 2.45) is 0 Å². The lowest BCUT2D eigenvalue weighted by Crippen LogP contribution is -2.12. The molecule has 0 aliphatic carbocycles. The number of hydrogen-bond acceptors (Lipinski definition) is 2. The van der Waals surface area contributed by atoms with E-state index in [2.05, 4.69) is 4.74 Å². The SMILES string of the molecule is COC(=O)Cc1c(F)c(F)c(-c2ccccc2)c(F)c1F. The molecule has 2 aromatic carbocycles. The van der Waals surface area contributed by atoms with Crippen LogP contribution in [-0.4, -0.2) is 13.1 Å². The molecule has 0 spiro atoms. The Balaban J connectivity index is 2.64. The van der Waals surface area contributed by atoms with E-state index in [0.29, 0.717) is 0 Å². The Labute approximate surface area is 118 Å². The molecule has 2 nitrogen and oxygen atoms in total. The number of hydrogen-bond donors (Lipinski definition) is 0. The second-order valence-corrected chi connectivity index (χ2v) is 4.23. The number of carbonyl (C=O) groups is 1. The van der Waals surface area contributed by atoms with Crippen LogP contribution in [0.5, 0.6) is 0 Å². The molecule has 0 amide bonds. The van der Waals surface area contributed by atoms with E-state index in [0.717, 1.165) is 7.11 Å². The average molecular weight is 298 g/mol. The third kappa shape index (κ3) is 2.74. The predicted octanol–water partition coefficient (Wildman–Crippen LogP) is 3.63. The van der Waals surface area contributed by atoms with E-state index < -0.39 is 46.8 Å². The van der Waals surface area contributed by atoms with Gasteiger partial charge in [-0.2, -0.15) is 0 Å². The van der Waals surface area contributed by atoms with Crippen LogP contribution in [0.15, 0.2) is 30.3 Å². The van der Waals surface area contributed by atoms with E-state index in [4.69, 9.17) is 0 Å². The smallest absolute Gasteiger partial charge is 0.310 e. The van der Waals surface area contributed by atoms with Gasteiger partial charge in [0.25, 0.3) is 0 Å². The molecule has 110 valence electrons. The van der Waals surface area contributed by atoms with Crippen molar-refractivity contribution in [2.75, 3.05) is 7.11 Å². The lowest BCUT2D eigenvalue weighted by molar-refractivity contribution is -0.139. The molecule has 0 aromatic heterocycles. The van der Waals surface area contributed by atoms with Crippen LogP contribution in [0, 0.1) is 23.3 Å². The van der Waals surface area contributed by atoms with Gasteiger partial charge in [-0.1, -0.05) is 30.3 Å². The van der Waals surface area contributed by atoms with Crippen molar-refractivity contribution in [1.29, 1.82) is 0 Å². The Morgan fingerprint density at radius 3 is 1.95 bits per heavy atom. The number of halogens is 4. The van der Waals surface area contributed by atoms with Crippen LogP contribution in [-0.2, 0) is 16.0 Å². The van der Waals surface area contributed by atoms with Gasteiger partial charge in [0.05, 0.1) is 19.1 Å². The summed E-state index contributed by atoms with van der Waals surface area (Å²) in [6, 6.07) is 7.19. The zero-order chi connectivity index (χ0) is 15.6. The van der Waals surface area contributed by atoms with E-state index in [1.807, 2.05) is 0 Å². The van der Waals surface area contributed by atoms with Gasteiger partial charge >= 0.3 is 5.97 Å². The molecule has 6 heteroatoms. The number of benzene rings is 2. The summed E-state index contributed by atoms with van der Waals surface area (Å²) in [7, 11) is 1.00. The van der Waals surface area contributed by atoms with Crippen LogP contribution < -0.4 is 0 Å². The summed E-state index contributed by atoms with van der Waals surface area (Å²) in [5, 5.41) is 0. The minimum Gasteiger partial charge on any atom is -0.469 e. The van der Waals surface area contributed by atoms with Crippen molar-refractivity contribution in [1.82, 2.24) is 0 Å². The van der Waals surface area contributed by atoms with Crippen molar-refractivity contribution in [3.63, 3.8) is 0 Å². The summed E-state index contributed by atoms with van der Waals surface area (Å²) < 4.78 is 60.1. The molecule has 0 saturated heterocycles. The highest BCUT2D eigenvalue weighted by Crippen LogP contribution is 2.32. The molecule has 0 N–H and O–H groups in total. The van der Waals surface area contributed by atoms with E-state index in [1.165, 1.54) is 24.3 Å². The van der Waals surface area contributed by atoms with Crippen LogP contribution in [0.4, 0.5) is 17.6 Å². The molecule has 2 rings (SSSR count). The van der Waals surface area contributed by atoms with Gasteiger partial charge < -0.3 is 4.74 Å². The molecular weight excluding hydrogens is 288 g/mol. The fraction of sp³-hybridized carbons (Fsp3) is 0.133. The quantitative estimate of drug-likeness (QED) is 0.491. The second kappa shape index (κ2) is 5.95. The number of carbonyl (C=O) groups excluding carboxylic acids is 1. The monoisotopic (exact) mass is 298 g/mol. The Bertz CT molecular complexity index is 655. The first kappa shape index (κ1) is 15.0. The lowest BCUT2D eigenvalue weighted by Gasteiger charge is -2.11. The topological polar surface area (TPSA) is 26.3 Å². The predicted molar refractivity (Wildman–Crippen MR) is 67.4 cm³/mol. The number of esters is 1. The van der Waals surface area contributed by atoms with Crippen LogP contribution in [0.3, 0.4) is 0 Å². The van der Waals surface area contributed by atoms with E-state index in [1.54, 1.807) is 6.07 Å². The molecule has 0 aliphatic rings. The maximum atomic E-state index is 14.0. The van der Waals surface area contributed by atoms with Gasteiger partial charge in [-0.25, -0.2) is 17.6 Å². The van der Waals surface area contributed by atoms with Gasteiger partial charge in [0.15, 0.2) is 23.3 Å². The largest absolute Gasteiger partial charge is 0.469 e. The molecule has 0 radical (unpaired) electrons. The van der Waals surface area contributed by atoms with Crippen molar-refractivity contribution < 1.29 is 27.1 Å². The van der Waals surface area contributed by atoms with E-state index in [-0.39, 0.29) is 5.56 Å². The molecule has 2 aromatic rings. The molecular formula is C15H10F4O2. The first-order valence-corrected chi connectivity index (χ1v) is 5.94. The van der Waals surface area contributed by atoms with Gasteiger partial charge in [0.1, 0.15) is 0 Å². The van der Waals surface area contributed by atoms with Crippen LogP contribution in [0.1, 0.15) is 5.56 Å². The maximum Gasteiger partial charge on any atom is 0.310 e. The first-order valence-electron chi connectivity index (χ1n) is 5.94. The maximum absolute atomic E-state index is 14.0. The Morgan fingerprint density at radius 2 is 1.48 bits per heavy atom. The van der Waals surface area contributed by atoms with Crippen molar-refractivity contribution >= 4 is 5.97 Å². The second-order valence-electron chi connectivity index (χ2n) is 4.23. The molecule has 0 heterocycles. The molecule has 21 heavy (non-hydrogen) atoms. The van der Waals surface area contributed by atoms with Crippen LogP contribution >= 0.6 is 0 Å². The van der Waals surface area contributed by atoms with Gasteiger partial charge in [0.2, 0.25) is 0 Å². The standard InChI is InChI=1S/C15H10F4O2/c1-21-10(20)7-9-12(16)14(18)11(15(19)13(9)17)8-5-3-2-4-6-8/h2-6H,7H2,1H3. The highest BCUT2D eigenvalue weighted by Gasteiger charge is 2.27. The molecule has 0 unspecified atom stereocenters. The molecule has 0 fully saturated rings. The highest BCUT2D eigenvalue weighted by atomic mass is 19.2. The third-order valence-electron chi connectivity index (χ3n) is 2.97. The minimum absolute atomic E-state index is 0.00471. The van der Waals surface area contributed by atoms with Crippen molar-refractivity contribution in [2.45, 2.75) is 6.42 Å². The van der Waals surface area contributed by atoms with Crippen LogP contribution in [0.2, 0.25) is 0 Å². The van der Waals surface area contributed by atoms with Gasteiger partial charge in [-0.3, -0.25) is 4.79 Å². The van der Waals surface area contributed by atoms with Crippen molar-refractivity contribution in [3.8, 4) is 11.1 Å². The van der Waals surface area contributed by atoms with Crippen LogP contribution in [0.25, 0.3) is 11.1 Å². The fourth-order valence-corrected chi connectivity index (χ4v) is 1.91. The zero-order valence-electron chi connectivity index (χ0n) is 10.9. The number of rotatable bonds is 3. The minimum atomic E-state index is -1.60. The van der Waals surface area contributed by atoms with Gasteiger partial charge in [-0.15, -0.1) is 0 Å². The summed E-state index contributed by atoms with van der Waals surface area (Å²) in [6.07, 6.45) is -0.892. The molecule has 0 atom stereocenters. The van der Waals surface area contributed by atoms with E-state index >= 15 is 0 Å². The Morgan fingerprint density at radius 1 is 0.952 bits per heavy atom. The zero-order valence-corrected chi connectivity index (χ0v) is 10.9. The van der Waals surface area contributed by atoms with Crippen molar-refractivity contribution in [3.05, 3.63) is 59.2 Å².